The highest BCUT2D eigenvalue weighted by atomic mass is 31.2. The summed E-state index contributed by atoms with van der Waals surface area (Å²) in [5.41, 5.74) is 0. The molecule has 3 unspecified atom stereocenters. The lowest BCUT2D eigenvalue weighted by Crippen LogP contribution is -2.30. The number of rotatable bonds is 58. The van der Waals surface area contributed by atoms with E-state index in [1.165, 1.54) is 77.0 Å². The topological polar surface area (TPSA) is 237 Å². The van der Waals surface area contributed by atoms with Crippen LogP contribution in [0, 0.1) is 23.7 Å². The molecule has 0 aromatic rings. The van der Waals surface area contributed by atoms with Gasteiger partial charge < -0.3 is 33.8 Å². The van der Waals surface area contributed by atoms with Crippen LogP contribution in [0.15, 0.2) is 0 Å². The number of phosphoric acid groups is 2. The van der Waals surface area contributed by atoms with Gasteiger partial charge in [0.1, 0.15) is 19.3 Å². The van der Waals surface area contributed by atoms with Crippen LogP contribution < -0.4 is 0 Å². The van der Waals surface area contributed by atoms with Gasteiger partial charge in [0.25, 0.3) is 0 Å². The molecule has 0 fully saturated rings. The lowest BCUT2D eigenvalue weighted by Gasteiger charge is -2.21. The molecule has 17 nitrogen and oxygen atoms in total. The number of aliphatic hydroxyl groups is 1. The Bertz CT molecular complexity index is 1610. The summed E-state index contributed by atoms with van der Waals surface area (Å²) in [4.78, 5) is 72.0. The van der Waals surface area contributed by atoms with Crippen LogP contribution in [0.1, 0.15) is 287 Å². The van der Waals surface area contributed by atoms with Crippen molar-refractivity contribution in [2.75, 3.05) is 39.6 Å². The van der Waals surface area contributed by atoms with Gasteiger partial charge in [0.05, 0.1) is 26.4 Å². The van der Waals surface area contributed by atoms with E-state index in [0.717, 1.165) is 115 Å². The van der Waals surface area contributed by atoms with E-state index < -0.39 is 97.5 Å². The molecule has 19 heteroatoms. The van der Waals surface area contributed by atoms with Crippen LogP contribution >= 0.6 is 15.6 Å². The molecule has 474 valence electrons. The van der Waals surface area contributed by atoms with Crippen LogP contribution in [-0.2, 0) is 65.4 Å². The average molecular weight is 1190 g/mol. The molecule has 0 aliphatic carbocycles. The first-order valence-electron chi connectivity index (χ1n) is 31.7. The minimum Gasteiger partial charge on any atom is -0.462 e. The van der Waals surface area contributed by atoms with Crippen LogP contribution in [0.2, 0.25) is 0 Å². The molecule has 0 saturated heterocycles. The second-order valence-electron chi connectivity index (χ2n) is 23.8. The Morgan fingerprint density at radius 1 is 0.350 bits per heavy atom. The number of aliphatic hydroxyl groups excluding tert-OH is 1. The fraction of sp³-hybridized carbons (Fsp3) is 0.934. The number of phosphoric ester groups is 2. The van der Waals surface area contributed by atoms with Gasteiger partial charge in [-0.3, -0.25) is 37.3 Å². The van der Waals surface area contributed by atoms with Crippen LogP contribution in [-0.4, -0.2) is 96.7 Å². The molecule has 3 N–H and O–H groups in total. The number of hydrogen-bond donors (Lipinski definition) is 3. The first kappa shape index (κ1) is 78.1. The largest absolute Gasteiger partial charge is 0.472 e. The Morgan fingerprint density at radius 2 is 0.600 bits per heavy atom. The van der Waals surface area contributed by atoms with Gasteiger partial charge in [-0.05, 0) is 49.4 Å². The molecular weight excluding hydrogens is 1070 g/mol. The summed E-state index contributed by atoms with van der Waals surface area (Å²) in [6, 6.07) is 0. The van der Waals surface area contributed by atoms with Crippen LogP contribution in [0.4, 0.5) is 0 Å². The normalized spacial score (nSPS) is 14.9. The fourth-order valence-electron chi connectivity index (χ4n) is 8.87. The lowest BCUT2D eigenvalue weighted by atomic mass is 10.00. The summed E-state index contributed by atoms with van der Waals surface area (Å²) < 4.78 is 67.8. The number of esters is 4. The summed E-state index contributed by atoms with van der Waals surface area (Å²) in [5, 5.41) is 10.5. The number of ether oxygens (including phenoxy) is 4. The molecular formula is C61H118O17P2. The van der Waals surface area contributed by atoms with E-state index in [1.54, 1.807) is 0 Å². The minimum atomic E-state index is -4.94. The van der Waals surface area contributed by atoms with Gasteiger partial charge in [-0.15, -0.1) is 0 Å². The van der Waals surface area contributed by atoms with Gasteiger partial charge in [-0.25, -0.2) is 9.13 Å². The highest BCUT2D eigenvalue weighted by Crippen LogP contribution is 2.45. The van der Waals surface area contributed by atoms with Crippen molar-refractivity contribution in [2.24, 2.45) is 23.7 Å². The second kappa shape index (κ2) is 51.5. The summed E-state index contributed by atoms with van der Waals surface area (Å²) in [7, 11) is -9.88. The molecule has 0 radical (unpaired) electrons. The third kappa shape index (κ3) is 54.0. The first-order valence-corrected chi connectivity index (χ1v) is 34.7. The van der Waals surface area contributed by atoms with E-state index in [-0.39, 0.29) is 25.7 Å². The van der Waals surface area contributed by atoms with Crippen molar-refractivity contribution >= 4 is 39.5 Å². The van der Waals surface area contributed by atoms with Gasteiger partial charge in [0.15, 0.2) is 12.2 Å². The van der Waals surface area contributed by atoms with Crippen LogP contribution in [0.5, 0.6) is 0 Å². The van der Waals surface area contributed by atoms with Crippen molar-refractivity contribution in [3.8, 4) is 0 Å². The van der Waals surface area contributed by atoms with E-state index in [0.29, 0.717) is 37.5 Å². The smallest absolute Gasteiger partial charge is 0.462 e. The van der Waals surface area contributed by atoms with E-state index >= 15 is 0 Å². The van der Waals surface area contributed by atoms with E-state index in [2.05, 4.69) is 55.4 Å². The van der Waals surface area contributed by atoms with Gasteiger partial charge in [0, 0.05) is 25.7 Å². The Labute approximate surface area is 486 Å². The molecule has 0 aliphatic heterocycles. The van der Waals surface area contributed by atoms with E-state index in [4.69, 9.17) is 37.0 Å². The zero-order valence-corrected chi connectivity index (χ0v) is 53.5. The van der Waals surface area contributed by atoms with Crippen LogP contribution in [0.25, 0.3) is 0 Å². The fourth-order valence-corrected chi connectivity index (χ4v) is 10.4. The van der Waals surface area contributed by atoms with Gasteiger partial charge in [-0.2, -0.15) is 0 Å². The minimum absolute atomic E-state index is 0.101. The van der Waals surface area contributed by atoms with E-state index in [9.17, 15) is 43.2 Å². The maximum absolute atomic E-state index is 12.9. The van der Waals surface area contributed by atoms with E-state index in [1.807, 2.05) is 0 Å². The predicted octanol–water partition coefficient (Wildman–Crippen LogP) is 16.2. The monoisotopic (exact) mass is 1180 g/mol. The SMILES string of the molecule is CCC(C)CCCCCCCCC(=O)O[C@H](COC(=O)CCCCCCCCC(C)C)COP(=O)(O)OC[C@H](O)COP(=O)(O)OC[C@@H](COC(=O)CCCCCCCCCC(C)C)OC(=O)CCCCCCCCCCC(C)C. The summed E-state index contributed by atoms with van der Waals surface area (Å²) in [5.74, 6) is 0.674. The number of hydrogen-bond acceptors (Lipinski definition) is 15. The Kier molecular flexibility index (Phi) is 50.2. The van der Waals surface area contributed by atoms with Gasteiger partial charge in [-0.1, -0.05) is 235 Å². The second-order valence-corrected chi connectivity index (χ2v) is 26.7. The van der Waals surface area contributed by atoms with Crippen molar-refractivity contribution < 1.29 is 80.2 Å². The molecule has 80 heavy (non-hydrogen) atoms. The predicted molar refractivity (Wildman–Crippen MR) is 317 cm³/mol. The molecule has 0 spiro atoms. The quantitative estimate of drug-likeness (QED) is 0.0222. The Hall–Kier alpha value is -1.94. The molecule has 0 heterocycles. The third-order valence-corrected chi connectivity index (χ3v) is 16.1. The molecule has 0 bridgehead atoms. The van der Waals surface area contributed by atoms with Crippen molar-refractivity contribution in [2.45, 2.75) is 305 Å². The molecule has 0 aromatic carbocycles. The van der Waals surface area contributed by atoms with Crippen molar-refractivity contribution in [1.82, 2.24) is 0 Å². The number of carbonyl (C=O) groups is 4. The molecule has 0 amide bonds. The Morgan fingerprint density at radius 3 is 0.887 bits per heavy atom. The maximum atomic E-state index is 12.9. The lowest BCUT2D eigenvalue weighted by molar-refractivity contribution is -0.161. The maximum Gasteiger partial charge on any atom is 0.472 e. The molecule has 0 aliphatic rings. The first-order chi connectivity index (χ1) is 38.1. The van der Waals surface area contributed by atoms with Crippen molar-refractivity contribution in [3.63, 3.8) is 0 Å². The third-order valence-electron chi connectivity index (χ3n) is 14.2. The average Bonchev–Trinajstić information content (AvgIpc) is 3.40. The molecule has 0 saturated carbocycles. The molecule has 6 atom stereocenters. The molecule has 0 rings (SSSR count). The summed E-state index contributed by atoms with van der Waals surface area (Å²) >= 11 is 0. The van der Waals surface area contributed by atoms with Gasteiger partial charge in [0.2, 0.25) is 0 Å². The zero-order chi connectivity index (χ0) is 59.7. The highest BCUT2D eigenvalue weighted by molar-refractivity contribution is 7.47. The van der Waals surface area contributed by atoms with Gasteiger partial charge >= 0.3 is 39.5 Å². The zero-order valence-electron chi connectivity index (χ0n) is 51.7. The number of unbranched alkanes of at least 4 members (excludes halogenated alkanes) is 23. The number of carbonyl (C=O) groups excluding carboxylic acids is 4. The molecule has 0 aromatic heterocycles. The Balaban J connectivity index is 5.26. The highest BCUT2D eigenvalue weighted by Gasteiger charge is 2.30. The standard InChI is InChI=1S/C61H118O17P2/c1-9-54(8)40-32-24-18-20-28-36-44-61(66)78-57(48-72-59(64)42-34-26-19-17-23-31-39-53(6)7)50-76-80(69,70)74-46-55(62)45-73-79(67,68)75-49-56(47-71-58(63)41-33-25-16-12-14-22-30-38-52(4)5)77-60(65)43-35-27-15-11-10-13-21-29-37-51(2)3/h51-57,62H,9-50H2,1-8H3,(H,67,68)(H,69,70)/t54?,55-,56-,57-/m1/s1. The van der Waals surface area contributed by atoms with Crippen LogP contribution in [0.3, 0.4) is 0 Å². The summed E-state index contributed by atoms with van der Waals surface area (Å²) in [6.07, 6.45) is 29.7. The van der Waals surface area contributed by atoms with Crippen molar-refractivity contribution in [3.05, 3.63) is 0 Å². The summed E-state index contributed by atoms with van der Waals surface area (Å²) in [6.45, 7) is 13.8. The van der Waals surface area contributed by atoms with Crippen molar-refractivity contribution in [1.29, 1.82) is 0 Å².